The summed E-state index contributed by atoms with van der Waals surface area (Å²) in [6, 6.07) is 1.23. The molecule has 0 saturated carbocycles. The Labute approximate surface area is 102 Å². The van der Waals surface area contributed by atoms with Gasteiger partial charge in [0.2, 0.25) is 5.95 Å². The number of nitrogens with zero attached hydrogens (tertiary/aromatic N) is 3. The van der Waals surface area contributed by atoms with Gasteiger partial charge >= 0.3 is 5.97 Å². The average molecular weight is 248 g/mol. The summed E-state index contributed by atoms with van der Waals surface area (Å²) in [5.74, 6) is -1.39. The van der Waals surface area contributed by atoms with Crippen LogP contribution in [0.2, 0.25) is 0 Å². The molecule has 7 heteroatoms. The summed E-state index contributed by atoms with van der Waals surface area (Å²) in [5.41, 5.74) is 0.736. The second kappa shape index (κ2) is 4.74. The second-order valence-corrected chi connectivity index (χ2v) is 3.51. The molecule has 0 aliphatic heterocycles. The molecule has 2 rings (SSSR count). The monoisotopic (exact) mass is 248 g/mol. The maximum Gasteiger partial charge on any atom is 0.339 e. The van der Waals surface area contributed by atoms with E-state index in [1.165, 1.54) is 18.5 Å². The number of aryl methyl sites for hydroxylation is 1. The van der Waals surface area contributed by atoms with Gasteiger partial charge in [-0.25, -0.2) is 19.2 Å². The summed E-state index contributed by atoms with van der Waals surface area (Å²) in [4.78, 5) is 22.2. The molecule has 0 radical (unpaired) electrons. The van der Waals surface area contributed by atoms with E-state index in [4.69, 9.17) is 5.11 Å². The summed E-state index contributed by atoms with van der Waals surface area (Å²) < 4.78 is 12.9. The van der Waals surface area contributed by atoms with Crippen LogP contribution in [0.5, 0.6) is 0 Å². The van der Waals surface area contributed by atoms with Gasteiger partial charge in [-0.2, -0.15) is 0 Å². The Balaban J connectivity index is 2.25. The van der Waals surface area contributed by atoms with Gasteiger partial charge in [0.1, 0.15) is 5.82 Å². The van der Waals surface area contributed by atoms with Crippen molar-refractivity contribution in [1.82, 2.24) is 15.0 Å². The van der Waals surface area contributed by atoms with E-state index in [-0.39, 0.29) is 11.5 Å². The molecule has 6 nitrogen and oxygen atoms in total. The van der Waals surface area contributed by atoms with Gasteiger partial charge < -0.3 is 10.4 Å². The van der Waals surface area contributed by atoms with E-state index in [9.17, 15) is 9.18 Å². The van der Waals surface area contributed by atoms with E-state index in [2.05, 4.69) is 20.3 Å². The van der Waals surface area contributed by atoms with Crippen LogP contribution in [0.3, 0.4) is 0 Å². The molecule has 0 aromatic carbocycles. The second-order valence-electron chi connectivity index (χ2n) is 3.51. The lowest BCUT2D eigenvalue weighted by atomic mass is 10.2. The average Bonchev–Trinajstić information content (AvgIpc) is 2.28. The van der Waals surface area contributed by atoms with Crippen LogP contribution in [-0.4, -0.2) is 26.0 Å². The smallest absolute Gasteiger partial charge is 0.339 e. The minimum Gasteiger partial charge on any atom is -0.478 e. The van der Waals surface area contributed by atoms with E-state index in [1.807, 2.05) is 0 Å². The number of halogens is 1. The van der Waals surface area contributed by atoms with Crippen LogP contribution in [0.25, 0.3) is 0 Å². The molecule has 0 spiro atoms. The first-order valence-corrected chi connectivity index (χ1v) is 5.01. The third-order valence-corrected chi connectivity index (χ3v) is 2.17. The molecule has 0 aliphatic carbocycles. The Morgan fingerprint density at radius 2 is 2.17 bits per heavy atom. The predicted molar refractivity (Wildman–Crippen MR) is 61.2 cm³/mol. The van der Waals surface area contributed by atoms with Gasteiger partial charge in [0, 0.05) is 12.3 Å². The fraction of sp³-hybridized carbons (Fsp3) is 0.0909. The maximum atomic E-state index is 12.9. The summed E-state index contributed by atoms with van der Waals surface area (Å²) in [6.45, 7) is 1.56. The van der Waals surface area contributed by atoms with Gasteiger partial charge in [0.05, 0.1) is 29.3 Å². The van der Waals surface area contributed by atoms with Crippen LogP contribution in [0.1, 0.15) is 16.1 Å². The molecule has 0 unspecified atom stereocenters. The van der Waals surface area contributed by atoms with Crippen molar-refractivity contribution >= 4 is 17.6 Å². The van der Waals surface area contributed by atoms with Crippen molar-refractivity contribution in [2.45, 2.75) is 6.92 Å². The first-order chi connectivity index (χ1) is 8.56. The van der Waals surface area contributed by atoms with Crippen LogP contribution in [0, 0.1) is 12.7 Å². The largest absolute Gasteiger partial charge is 0.478 e. The Kier molecular flexibility index (Phi) is 3.13. The van der Waals surface area contributed by atoms with Crippen molar-refractivity contribution in [3.05, 3.63) is 41.7 Å². The molecule has 0 bridgehead atoms. The topological polar surface area (TPSA) is 88.0 Å². The van der Waals surface area contributed by atoms with Gasteiger partial charge in [-0.3, -0.25) is 4.98 Å². The van der Waals surface area contributed by atoms with Crippen LogP contribution in [0.4, 0.5) is 16.0 Å². The van der Waals surface area contributed by atoms with Gasteiger partial charge in [0.25, 0.3) is 0 Å². The number of hydrogen-bond donors (Lipinski definition) is 2. The molecule has 2 heterocycles. The number of aromatic nitrogens is 3. The quantitative estimate of drug-likeness (QED) is 0.860. The molecular weight excluding hydrogens is 239 g/mol. The number of carboxylic acids is 1. The Bertz CT molecular complexity index is 603. The zero-order valence-electron chi connectivity index (χ0n) is 9.38. The fourth-order valence-electron chi connectivity index (χ4n) is 1.35. The molecule has 0 fully saturated rings. The molecule has 0 amide bonds. The highest BCUT2D eigenvalue weighted by Crippen LogP contribution is 2.14. The van der Waals surface area contributed by atoms with E-state index < -0.39 is 11.8 Å². The molecule has 0 aliphatic rings. The summed E-state index contributed by atoms with van der Waals surface area (Å²) in [5, 5.41) is 11.6. The summed E-state index contributed by atoms with van der Waals surface area (Å²) in [7, 11) is 0. The molecule has 2 aromatic rings. The first-order valence-electron chi connectivity index (χ1n) is 5.01. The summed E-state index contributed by atoms with van der Waals surface area (Å²) >= 11 is 0. The standard InChI is InChI=1S/C11H9FN4O2/c1-6-9(10(17)18)5-14-11(15-6)16-8-2-7(12)3-13-4-8/h2-5H,1H3,(H,17,18)(H,14,15,16). The van der Waals surface area contributed by atoms with Crippen LogP contribution >= 0.6 is 0 Å². The zero-order valence-corrected chi connectivity index (χ0v) is 9.38. The lowest BCUT2D eigenvalue weighted by Gasteiger charge is -2.06. The Morgan fingerprint density at radius 3 is 2.78 bits per heavy atom. The molecule has 2 N–H and O–H groups in total. The highest BCUT2D eigenvalue weighted by Gasteiger charge is 2.10. The molecule has 92 valence electrons. The number of anilines is 2. The third kappa shape index (κ3) is 2.57. The van der Waals surface area contributed by atoms with Crippen molar-refractivity contribution < 1.29 is 14.3 Å². The minimum atomic E-state index is -1.09. The number of nitrogens with one attached hydrogen (secondary N) is 1. The third-order valence-electron chi connectivity index (χ3n) is 2.17. The van der Waals surface area contributed by atoms with Gasteiger partial charge in [-0.15, -0.1) is 0 Å². The van der Waals surface area contributed by atoms with Gasteiger partial charge in [-0.05, 0) is 6.92 Å². The van der Waals surface area contributed by atoms with Crippen molar-refractivity contribution in [1.29, 1.82) is 0 Å². The highest BCUT2D eigenvalue weighted by molar-refractivity contribution is 5.88. The summed E-state index contributed by atoms with van der Waals surface area (Å²) in [6.07, 6.45) is 3.68. The van der Waals surface area contributed by atoms with Crippen molar-refractivity contribution in [3.8, 4) is 0 Å². The Morgan fingerprint density at radius 1 is 1.39 bits per heavy atom. The fourth-order valence-corrected chi connectivity index (χ4v) is 1.35. The van der Waals surface area contributed by atoms with Crippen LogP contribution < -0.4 is 5.32 Å². The number of hydrogen-bond acceptors (Lipinski definition) is 5. The lowest BCUT2D eigenvalue weighted by Crippen LogP contribution is -2.06. The van der Waals surface area contributed by atoms with Crippen LogP contribution in [-0.2, 0) is 0 Å². The molecule has 2 aromatic heterocycles. The highest BCUT2D eigenvalue weighted by atomic mass is 19.1. The van der Waals surface area contributed by atoms with E-state index in [1.54, 1.807) is 6.92 Å². The van der Waals surface area contributed by atoms with Gasteiger partial charge in [-0.1, -0.05) is 0 Å². The first kappa shape index (κ1) is 11.9. The van der Waals surface area contributed by atoms with Gasteiger partial charge in [0.15, 0.2) is 0 Å². The number of aromatic carboxylic acids is 1. The lowest BCUT2D eigenvalue weighted by molar-refractivity contribution is 0.0695. The molecule has 0 atom stereocenters. The predicted octanol–water partition coefficient (Wildman–Crippen LogP) is 1.76. The van der Waals surface area contributed by atoms with Crippen molar-refractivity contribution in [2.24, 2.45) is 0 Å². The zero-order chi connectivity index (χ0) is 13.1. The van der Waals surface area contributed by atoms with Crippen molar-refractivity contribution in [2.75, 3.05) is 5.32 Å². The van der Waals surface area contributed by atoms with Crippen molar-refractivity contribution in [3.63, 3.8) is 0 Å². The van der Waals surface area contributed by atoms with E-state index >= 15 is 0 Å². The van der Waals surface area contributed by atoms with E-state index in [0.717, 1.165) is 6.20 Å². The molecule has 0 saturated heterocycles. The number of pyridine rings is 1. The molecular formula is C11H9FN4O2. The molecule has 18 heavy (non-hydrogen) atoms. The van der Waals surface area contributed by atoms with E-state index in [0.29, 0.717) is 11.4 Å². The number of carbonyl (C=O) groups is 1. The SMILES string of the molecule is Cc1nc(Nc2cncc(F)c2)ncc1C(=O)O. The minimum absolute atomic E-state index is 0.0258. The number of rotatable bonds is 3. The Hall–Kier alpha value is -2.57. The number of carboxylic acid groups (broad SMARTS) is 1. The maximum absolute atomic E-state index is 12.9. The normalized spacial score (nSPS) is 10.1. The van der Waals surface area contributed by atoms with Crippen LogP contribution in [0.15, 0.2) is 24.7 Å².